The van der Waals surface area contributed by atoms with Gasteiger partial charge in [-0.1, -0.05) is 0 Å². The Bertz CT molecular complexity index is 159. The largest absolute Gasteiger partial charge is 2.00 e. The van der Waals surface area contributed by atoms with Gasteiger partial charge in [-0.25, -0.2) is 0 Å². The summed E-state index contributed by atoms with van der Waals surface area (Å²) in [4.78, 5) is 8.25. The van der Waals surface area contributed by atoms with Crippen LogP contribution in [0.2, 0.25) is 0 Å². The fraction of sp³-hybridized carbons (Fsp3) is 0. The molecule has 0 aromatic carbocycles. The molecule has 11 heavy (non-hydrogen) atoms. The number of rotatable bonds is 0. The average molecular weight is 371 g/mol. The molecule has 8 nitrogen and oxygen atoms in total. The van der Waals surface area contributed by atoms with Crippen molar-refractivity contribution in [1.82, 2.24) is 0 Å². The van der Waals surface area contributed by atoms with Gasteiger partial charge in [-0.3, -0.25) is 8.42 Å². The molecular weight excluding hydrogens is 371 g/mol. The second kappa shape index (κ2) is 10.4. The molecule has 0 aliphatic rings. The first-order valence-electron chi connectivity index (χ1n) is 1.21. The predicted molar refractivity (Wildman–Crippen MR) is 20.8 cm³/mol. The van der Waals surface area contributed by atoms with Crippen molar-refractivity contribution >= 4 is 10.4 Å². The van der Waals surface area contributed by atoms with E-state index in [4.69, 9.17) is 32.8 Å². The van der Waals surface area contributed by atoms with Crippen molar-refractivity contribution in [2.45, 2.75) is 0 Å². The van der Waals surface area contributed by atoms with Crippen molar-refractivity contribution < 1.29 is 63.5 Å². The first-order chi connectivity index (χ1) is 3.73. The third kappa shape index (κ3) is 4700. The van der Waals surface area contributed by atoms with Crippen molar-refractivity contribution in [3.05, 3.63) is 15.3 Å². The van der Waals surface area contributed by atoms with E-state index in [1.54, 1.807) is 0 Å². The Labute approximate surface area is 89.0 Å². The van der Waals surface area contributed by atoms with Gasteiger partial charge in [-0.2, -0.15) is 0 Å². The summed E-state index contributed by atoms with van der Waals surface area (Å²) >= 11 is 0. The van der Waals surface area contributed by atoms with E-state index in [9.17, 15) is 0 Å². The van der Waals surface area contributed by atoms with Gasteiger partial charge in [0.2, 0.25) is 0 Å². The van der Waals surface area contributed by atoms with E-state index < -0.39 is 15.5 Å². The maximum atomic E-state index is 8.52. The van der Waals surface area contributed by atoms with E-state index in [0.717, 1.165) is 0 Å². The van der Waals surface area contributed by atoms with E-state index in [0.29, 0.717) is 0 Å². The van der Waals surface area contributed by atoms with Gasteiger partial charge in [0.05, 0.1) is 5.09 Å². The Kier molecular flexibility index (Phi) is 21.3. The maximum Gasteiger partial charge on any atom is 2.00 e. The van der Waals surface area contributed by atoms with Gasteiger partial charge in [0.1, 0.15) is 0 Å². The summed E-state index contributed by atoms with van der Waals surface area (Å²) in [5, 5.41) is 14.8. The molecule has 0 rings (SSSR count). The molecule has 0 aliphatic carbocycles. The number of nitrogens with zero attached hydrogens (tertiary/aromatic N) is 1. The van der Waals surface area contributed by atoms with E-state index in [1.807, 2.05) is 0 Å². The second-order valence-electron chi connectivity index (χ2n) is 0.632. The minimum Gasteiger partial charge on any atom is -0.759 e. The minimum absolute atomic E-state index is 0. The number of hydrogen-bond donors (Lipinski definition) is 0. The van der Waals surface area contributed by atoms with Crippen LogP contribution in [0.1, 0.15) is 0 Å². The van der Waals surface area contributed by atoms with Crippen LogP contribution in [0.4, 0.5) is 0 Å². The summed E-state index contributed by atoms with van der Waals surface area (Å²) < 4.78 is 34.1. The third-order valence-corrected chi connectivity index (χ3v) is 0. The summed E-state index contributed by atoms with van der Waals surface area (Å²) in [7, 11) is -5.17. The van der Waals surface area contributed by atoms with Crippen LogP contribution in [0.15, 0.2) is 0 Å². The number of hydrogen-bond acceptors (Lipinski definition) is 7. The zero-order chi connectivity index (χ0) is 8.08. The summed E-state index contributed by atoms with van der Waals surface area (Å²) in [6.07, 6.45) is 0. The molecule has 0 N–H and O–H groups in total. The van der Waals surface area contributed by atoms with Crippen LogP contribution >= 0.6 is 0 Å². The Morgan fingerprint density at radius 2 is 1.00 bits per heavy atom. The van der Waals surface area contributed by atoms with Gasteiger partial charge < -0.3 is 24.4 Å². The molecule has 0 amide bonds. The molecule has 0 aromatic heterocycles. The standard InChI is InChI=1S/NO3.H2O4S.2Pd/c2-1(3)4;1-5(2,3)4;;/h;(H2,1,2,3,4);;/q-1;;2*+2/p-2. The van der Waals surface area contributed by atoms with Crippen molar-refractivity contribution in [3.8, 4) is 0 Å². The van der Waals surface area contributed by atoms with Crippen molar-refractivity contribution in [2.75, 3.05) is 0 Å². The molecular formula is NO7Pd2S+. The summed E-state index contributed by atoms with van der Waals surface area (Å²) in [5.74, 6) is 0. The smallest absolute Gasteiger partial charge is 0.759 e. The molecule has 0 spiro atoms. The van der Waals surface area contributed by atoms with E-state index in [1.165, 1.54) is 0 Å². The van der Waals surface area contributed by atoms with Crippen LogP contribution in [0.3, 0.4) is 0 Å². The normalized spacial score (nSPS) is 7.45. The van der Waals surface area contributed by atoms with Gasteiger partial charge in [0.15, 0.2) is 0 Å². The third-order valence-electron chi connectivity index (χ3n) is 0. The summed E-state index contributed by atoms with van der Waals surface area (Å²) in [5.41, 5.74) is 0. The molecule has 0 unspecified atom stereocenters. The van der Waals surface area contributed by atoms with Gasteiger partial charge in [0, 0.05) is 10.4 Å². The SMILES string of the molecule is O=S(=O)([O-])[O-].O=[N+]([O-])[O-].[Pd+2].[Pd+2]. The van der Waals surface area contributed by atoms with Crippen molar-refractivity contribution in [1.29, 1.82) is 0 Å². The Hall–Kier alpha value is 0.395. The molecule has 72 valence electrons. The van der Waals surface area contributed by atoms with E-state index in [-0.39, 0.29) is 40.8 Å². The molecule has 0 atom stereocenters. The van der Waals surface area contributed by atoms with Gasteiger partial charge in [-0.05, 0) is 0 Å². The zero-order valence-electron chi connectivity index (χ0n) is 4.35. The van der Waals surface area contributed by atoms with Crippen LogP contribution in [0.25, 0.3) is 0 Å². The molecule has 0 aliphatic heterocycles. The molecule has 0 heterocycles. The maximum absolute atomic E-state index is 8.52. The van der Waals surface area contributed by atoms with Crippen LogP contribution < -0.4 is 0 Å². The van der Waals surface area contributed by atoms with Crippen LogP contribution in [-0.4, -0.2) is 22.6 Å². The van der Waals surface area contributed by atoms with Gasteiger partial charge in [-0.15, -0.1) is 0 Å². The summed E-state index contributed by atoms with van der Waals surface area (Å²) in [6, 6.07) is 0. The van der Waals surface area contributed by atoms with Gasteiger partial charge in [0.25, 0.3) is 0 Å². The Balaban J connectivity index is -0.0000000383. The molecule has 0 saturated heterocycles. The van der Waals surface area contributed by atoms with Crippen LogP contribution in [-0.2, 0) is 51.2 Å². The predicted octanol–water partition coefficient (Wildman–Crippen LogP) is -1.58. The molecule has 11 heteroatoms. The monoisotopic (exact) mass is 370 g/mol. The van der Waals surface area contributed by atoms with E-state index >= 15 is 0 Å². The first kappa shape index (κ1) is 22.5. The minimum atomic E-state index is -5.17. The fourth-order valence-electron chi connectivity index (χ4n) is 0. The first-order valence-corrected chi connectivity index (χ1v) is 2.55. The van der Waals surface area contributed by atoms with Crippen molar-refractivity contribution in [2.24, 2.45) is 0 Å². The second-order valence-corrected chi connectivity index (χ2v) is 1.45. The van der Waals surface area contributed by atoms with Crippen LogP contribution in [0.5, 0.6) is 0 Å². The fourth-order valence-corrected chi connectivity index (χ4v) is 0. The van der Waals surface area contributed by atoms with E-state index in [2.05, 4.69) is 0 Å². The Morgan fingerprint density at radius 3 is 1.00 bits per heavy atom. The molecule has 0 bridgehead atoms. The topological polar surface area (TPSA) is 146 Å². The van der Waals surface area contributed by atoms with Crippen LogP contribution in [0, 0.1) is 15.3 Å². The molecule has 0 saturated carbocycles. The molecule has 0 aromatic rings. The van der Waals surface area contributed by atoms with Gasteiger partial charge >= 0.3 is 40.8 Å². The van der Waals surface area contributed by atoms with Crippen molar-refractivity contribution in [3.63, 3.8) is 0 Å². The quantitative estimate of drug-likeness (QED) is 0.164. The zero-order valence-corrected chi connectivity index (χ0v) is 8.27. The molecule has 0 radical (unpaired) electrons. The summed E-state index contributed by atoms with van der Waals surface area (Å²) in [6.45, 7) is 0. The molecule has 0 fully saturated rings. The average Bonchev–Trinajstić information content (AvgIpc) is 1.19. The Morgan fingerprint density at radius 1 is 1.00 bits per heavy atom.